The summed E-state index contributed by atoms with van der Waals surface area (Å²) in [6.45, 7) is 4.37. The molecule has 0 N–H and O–H groups in total. The summed E-state index contributed by atoms with van der Waals surface area (Å²) in [4.78, 5) is 5.13. The first-order chi connectivity index (χ1) is 18.1. The Labute approximate surface area is 218 Å². The average Bonchev–Trinajstić information content (AvgIpc) is 3.48. The van der Waals surface area contributed by atoms with Crippen LogP contribution in [0.4, 0.5) is 4.39 Å². The Bertz CT molecular complexity index is 1940. The van der Waals surface area contributed by atoms with Gasteiger partial charge in [-0.15, -0.1) is 11.3 Å². The van der Waals surface area contributed by atoms with Gasteiger partial charge in [-0.25, -0.2) is 9.37 Å². The molecule has 2 nitrogen and oxygen atoms in total. The van der Waals surface area contributed by atoms with Crippen molar-refractivity contribution in [2.75, 3.05) is 0 Å². The molecule has 0 spiro atoms. The van der Waals surface area contributed by atoms with E-state index in [1.54, 1.807) is 17.4 Å². The Morgan fingerprint density at radius 3 is 2.32 bits per heavy atom. The number of thiophene rings is 1. The van der Waals surface area contributed by atoms with E-state index in [1.165, 1.54) is 28.3 Å². The Kier molecular flexibility index (Phi) is 4.98. The van der Waals surface area contributed by atoms with Crippen molar-refractivity contribution in [3.8, 4) is 28.2 Å². The first kappa shape index (κ1) is 22.0. The molecule has 0 fully saturated rings. The Morgan fingerprint density at radius 2 is 1.51 bits per heavy atom. The van der Waals surface area contributed by atoms with Gasteiger partial charge >= 0.3 is 0 Å². The molecular weight excluding hydrogens is 475 g/mol. The van der Waals surface area contributed by atoms with E-state index < -0.39 is 0 Å². The van der Waals surface area contributed by atoms with Crippen molar-refractivity contribution in [1.29, 1.82) is 0 Å². The monoisotopic (exact) mass is 498 g/mol. The lowest BCUT2D eigenvalue weighted by atomic mass is 9.95. The summed E-state index contributed by atoms with van der Waals surface area (Å²) in [5.74, 6) is 0.704. The third-order valence-corrected chi connectivity index (χ3v) is 8.08. The van der Waals surface area contributed by atoms with E-state index in [4.69, 9.17) is 4.98 Å². The van der Waals surface area contributed by atoms with Crippen molar-refractivity contribution in [2.24, 2.45) is 0 Å². The van der Waals surface area contributed by atoms with Gasteiger partial charge in [0.1, 0.15) is 11.6 Å². The highest BCUT2D eigenvalue weighted by molar-refractivity contribution is 7.17. The molecule has 0 aliphatic rings. The average molecular weight is 499 g/mol. The molecule has 0 amide bonds. The molecule has 0 bridgehead atoms. The minimum Gasteiger partial charge on any atom is -0.292 e. The fraction of sp³-hybridized carbons (Fsp3) is 0.0606. The largest absolute Gasteiger partial charge is 0.292 e. The van der Waals surface area contributed by atoms with E-state index in [9.17, 15) is 4.39 Å². The lowest BCUT2D eigenvalue weighted by Crippen LogP contribution is -2.00. The number of fused-ring (bicyclic) bond motifs is 3. The third kappa shape index (κ3) is 3.56. The number of halogens is 1. The molecule has 0 unspecified atom stereocenters. The van der Waals surface area contributed by atoms with Gasteiger partial charge in [0.25, 0.3) is 0 Å². The molecule has 5 aromatic carbocycles. The predicted molar refractivity (Wildman–Crippen MR) is 154 cm³/mol. The molecule has 37 heavy (non-hydrogen) atoms. The van der Waals surface area contributed by atoms with Gasteiger partial charge < -0.3 is 0 Å². The van der Waals surface area contributed by atoms with Crippen LogP contribution >= 0.6 is 11.3 Å². The summed E-state index contributed by atoms with van der Waals surface area (Å²) in [6.07, 6.45) is 0. The van der Waals surface area contributed by atoms with Gasteiger partial charge in [0.2, 0.25) is 0 Å². The van der Waals surface area contributed by atoms with Gasteiger partial charge in [0.15, 0.2) is 0 Å². The topological polar surface area (TPSA) is 17.8 Å². The fourth-order valence-corrected chi connectivity index (χ4v) is 6.48. The standard InChI is InChI=1S/C33H23FN2S/c1-20-14-26(15-21(2)32(20)22-8-4-3-5-9-22)36-30-11-7-6-10-29(30)35-33(36)28-19-37-31-18-24-16-25(34)13-12-23(24)17-27(28)31/h3-19H,1-2H3. The van der Waals surface area contributed by atoms with Crippen LogP contribution < -0.4 is 0 Å². The maximum atomic E-state index is 13.9. The first-order valence-corrected chi connectivity index (χ1v) is 13.2. The van der Waals surface area contributed by atoms with E-state index in [2.05, 4.69) is 96.6 Å². The van der Waals surface area contributed by atoms with Gasteiger partial charge in [-0.2, -0.15) is 0 Å². The van der Waals surface area contributed by atoms with Gasteiger partial charge in [-0.3, -0.25) is 4.57 Å². The first-order valence-electron chi connectivity index (χ1n) is 12.3. The van der Waals surface area contributed by atoms with Crippen LogP contribution in [-0.4, -0.2) is 9.55 Å². The Morgan fingerprint density at radius 1 is 0.757 bits per heavy atom. The Balaban J connectivity index is 1.48. The molecule has 0 radical (unpaired) electrons. The van der Waals surface area contributed by atoms with Crippen LogP contribution in [0.2, 0.25) is 0 Å². The van der Waals surface area contributed by atoms with E-state index >= 15 is 0 Å². The zero-order valence-corrected chi connectivity index (χ0v) is 21.3. The van der Waals surface area contributed by atoms with E-state index in [0.29, 0.717) is 0 Å². The molecule has 0 saturated carbocycles. The smallest absolute Gasteiger partial charge is 0.147 e. The Hall–Kier alpha value is -4.28. The van der Waals surface area contributed by atoms with Crippen molar-refractivity contribution < 1.29 is 4.39 Å². The predicted octanol–water partition coefficient (Wildman–Crippen LogP) is 9.48. The summed E-state index contributed by atoms with van der Waals surface area (Å²) in [5.41, 5.74) is 9.18. The normalized spacial score (nSPS) is 11.6. The van der Waals surface area contributed by atoms with Crippen LogP contribution in [0.15, 0.2) is 102 Å². The number of hydrogen-bond acceptors (Lipinski definition) is 2. The van der Waals surface area contributed by atoms with Crippen LogP contribution in [-0.2, 0) is 0 Å². The zero-order chi connectivity index (χ0) is 25.1. The second-order valence-electron chi connectivity index (χ2n) is 9.57. The number of aromatic nitrogens is 2. The molecule has 178 valence electrons. The van der Waals surface area contributed by atoms with Gasteiger partial charge in [-0.1, -0.05) is 48.5 Å². The molecule has 0 aliphatic heterocycles. The molecule has 0 aliphatic carbocycles. The van der Waals surface area contributed by atoms with Crippen LogP contribution in [0.25, 0.3) is 60.1 Å². The minimum atomic E-state index is -0.213. The van der Waals surface area contributed by atoms with Crippen molar-refractivity contribution in [3.05, 3.63) is 119 Å². The van der Waals surface area contributed by atoms with Crippen molar-refractivity contribution in [1.82, 2.24) is 9.55 Å². The molecule has 0 saturated heterocycles. The summed E-state index contributed by atoms with van der Waals surface area (Å²) in [7, 11) is 0. The number of aryl methyl sites for hydroxylation is 2. The number of nitrogens with zero attached hydrogens (tertiary/aromatic N) is 2. The SMILES string of the molecule is Cc1cc(-n2c(-c3csc4cc5cc(F)ccc5cc34)nc3ccccc32)cc(C)c1-c1ccccc1. The van der Waals surface area contributed by atoms with Gasteiger partial charge in [0.05, 0.1) is 11.0 Å². The van der Waals surface area contributed by atoms with Crippen LogP contribution in [0.1, 0.15) is 11.1 Å². The van der Waals surface area contributed by atoms with Crippen molar-refractivity contribution >= 4 is 43.2 Å². The number of imidazole rings is 1. The number of benzene rings is 5. The van der Waals surface area contributed by atoms with E-state index in [0.717, 1.165) is 49.0 Å². The van der Waals surface area contributed by atoms with Crippen molar-refractivity contribution in [2.45, 2.75) is 13.8 Å². The maximum Gasteiger partial charge on any atom is 0.147 e. The van der Waals surface area contributed by atoms with Crippen LogP contribution in [0.3, 0.4) is 0 Å². The summed E-state index contributed by atoms with van der Waals surface area (Å²) >= 11 is 1.67. The van der Waals surface area contributed by atoms with E-state index in [1.807, 2.05) is 12.1 Å². The molecule has 0 atom stereocenters. The molecule has 4 heteroatoms. The van der Waals surface area contributed by atoms with Gasteiger partial charge in [-0.05, 0) is 95.4 Å². The maximum absolute atomic E-state index is 13.9. The molecule has 7 rings (SSSR count). The highest BCUT2D eigenvalue weighted by Crippen LogP contribution is 2.39. The quantitative estimate of drug-likeness (QED) is 0.237. The van der Waals surface area contributed by atoms with Crippen LogP contribution in [0.5, 0.6) is 0 Å². The molecule has 2 heterocycles. The summed E-state index contributed by atoms with van der Waals surface area (Å²) in [6, 6.07) is 32.6. The zero-order valence-electron chi connectivity index (χ0n) is 20.5. The third-order valence-electron chi connectivity index (χ3n) is 7.13. The van der Waals surface area contributed by atoms with E-state index in [-0.39, 0.29) is 5.82 Å². The lowest BCUT2D eigenvalue weighted by Gasteiger charge is -2.16. The molecule has 7 aromatic rings. The molecule has 2 aromatic heterocycles. The number of rotatable bonds is 3. The lowest BCUT2D eigenvalue weighted by molar-refractivity contribution is 0.630. The highest BCUT2D eigenvalue weighted by atomic mass is 32.1. The molecular formula is C33H23FN2S. The summed E-state index contributed by atoms with van der Waals surface area (Å²) in [5, 5.41) is 5.25. The minimum absolute atomic E-state index is 0.213. The van der Waals surface area contributed by atoms with Crippen molar-refractivity contribution in [3.63, 3.8) is 0 Å². The second kappa shape index (κ2) is 8.39. The fourth-order valence-electron chi connectivity index (χ4n) is 5.51. The summed E-state index contributed by atoms with van der Waals surface area (Å²) < 4.78 is 17.3. The van der Waals surface area contributed by atoms with Crippen LogP contribution in [0, 0.1) is 19.7 Å². The highest BCUT2D eigenvalue weighted by Gasteiger charge is 2.19. The second-order valence-corrected chi connectivity index (χ2v) is 10.5. The number of hydrogen-bond donors (Lipinski definition) is 0. The van der Waals surface area contributed by atoms with Gasteiger partial charge in [0, 0.05) is 26.7 Å². The number of para-hydroxylation sites is 2.